The summed E-state index contributed by atoms with van der Waals surface area (Å²) in [5, 5.41) is 13.4. The van der Waals surface area contributed by atoms with Gasteiger partial charge in [0.1, 0.15) is 10.8 Å². The van der Waals surface area contributed by atoms with Crippen LogP contribution in [0.15, 0.2) is 59.1 Å². The summed E-state index contributed by atoms with van der Waals surface area (Å²) in [7, 11) is 1.68. The number of halogens is 1. The van der Waals surface area contributed by atoms with E-state index < -0.39 is 0 Å². The monoisotopic (exact) mass is 442 g/mol. The van der Waals surface area contributed by atoms with Crippen LogP contribution in [0.4, 0.5) is 0 Å². The summed E-state index contributed by atoms with van der Waals surface area (Å²) >= 11 is 9.39. The van der Waals surface area contributed by atoms with E-state index in [1.807, 2.05) is 48.5 Å². The van der Waals surface area contributed by atoms with Crippen LogP contribution in [0.25, 0.3) is 22.0 Å². The van der Waals surface area contributed by atoms with Crippen molar-refractivity contribution in [2.45, 2.75) is 24.4 Å². The van der Waals surface area contributed by atoms with Crippen molar-refractivity contribution in [2.24, 2.45) is 0 Å². The zero-order valence-corrected chi connectivity index (χ0v) is 18.4. The van der Waals surface area contributed by atoms with Crippen LogP contribution in [-0.2, 0) is 12.3 Å². The third-order valence-corrected chi connectivity index (χ3v) is 6.51. The molecule has 0 fully saturated rings. The predicted octanol–water partition coefficient (Wildman–Crippen LogP) is 6.04. The van der Waals surface area contributed by atoms with E-state index in [0.717, 1.165) is 50.9 Å². The summed E-state index contributed by atoms with van der Waals surface area (Å²) < 4.78 is 7.55. The molecule has 2 aromatic carbocycles. The number of hydrogen-bond acceptors (Lipinski definition) is 6. The van der Waals surface area contributed by atoms with Gasteiger partial charge in [0.2, 0.25) is 0 Å². The Bertz CT molecular complexity index is 1130. The van der Waals surface area contributed by atoms with Gasteiger partial charge in [-0.1, -0.05) is 47.6 Å². The molecule has 0 bridgehead atoms. The quantitative estimate of drug-likeness (QED) is 0.326. The molecule has 0 unspecified atom stereocenters. The summed E-state index contributed by atoms with van der Waals surface area (Å²) in [5.74, 6) is 2.38. The number of rotatable bonds is 7. The molecule has 2 aromatic heterocycles. The zero-order valence-electron chi connectivity index (χ0n) is 16.0. The highest BCUT2D eigenvalue weighted by Crippen LogP contribution is 2.33. The second kappa shape index (κ2) is 8.98. The van der Waals surface area contributed by atoms with Gasteiger partial charge >= 0.3 is 0 Å². The summed E-state index contributed by atoms with van der Waals surface area (Å²) in [5.41, 5.74) is 2.98. The molecule has 0 radical (unpaired) electrons. The minimum atomic E-state index is 0.689. The first-order valence-electron chi connectivity index (χ1n) is 9.09. The van der Waals surface area contributed by atoms with Crippen LogP contribution in [0.5, 0.6) is 5.75 Å². The van der Waals surface area contributed by atoms with Gasteiger partial charge in [0, 0.05) is 28.3 Å². The molecule has 0 saturated heterocycles. The first-order valence-corrected chi connectivity index (χ1v) is 11.3. The number of nitrogens with zero attached hydrogens (tertiary/aromatic N) is 4. The average Bonchev–Trinajstić information content (AvgIpc) is 3.38. The molecular weight excluding hydrogens is 424 g/mol. The highest BCUT2D eigenvalue weighted by Gasteiger charge is 2.15. The number of methoxy groups -OCH3 is 1. The highest BCUT2D eigenvalue weighted by molar-refractivity contribution is 7.98. The lowest BCUT2D eigenvalue weighted by molar-refractivity contribution is 0.416. The van der Waals surface area contributed by atoms with Crippen LogP contribution in [0.1, 0.15) is 12.6 Å². The summed E-state index contributed by atoms with van der Waals surface area (Å²) in [6.45, 7) is 2.87. The van der Waals surface area contributed by atoms with Gasteiger partial charge in [-0.3, -0.25) is 0 Å². The van der Waals surface area contributed by atoms with Crippen molar-refractivity contribution in [1.29, 1.82) is 0 Å². The molecule has 4 rings (SSSR count). The van der Waals surface area contributed by atoms with E-state index >= 15 is 0 Å². The lowest BCUT2D eigenvalue weighted by Gasteiger charge is -2.07. The van der Waals surface area contributed by atoms with Crippen molar-refractivity contribution in [3.8, 4) is 27.7 Å². The maximum absolute atomic E-state index is 6.13. The Kier molecular flexibility index (Phi) is 6.18. The first-order chi connectivity index (χ1) is 14.2. The van der Waals surface area contributed by atoms with Crippen LogP contribution in [0.3, 0.4) is 0 Å². The topological polar surface area (TPSA) is 52.8 Å². The molecule has 0 N–H and O–H groups in total. The van der Waals surface area contributed by atoms with Gasteiger partial charge in [0.25, 0.3) is 0 Å². The van der Waals surface area contributed by atoms with E-state index in [0.29, 0.717) is 5.02 Å². The Labute approximate surface area is 182 Å². The summed E-state index contributed by atoms with van der Waals surface area (Å²) in [6, 6.07) is 15.6. The molecule has 0 aliphatic rings. The van der Waals surface area contributed by atoms with Crippen LogP contribution in [0.2, 0.25) is 5.02 Å². The Balaban J connectivity index is 1.52. The third kappa shape index (κ3) is 4.32. The van der Waals surface area contributed by atoms with E-state index in [1.54, 1.807) is 30.2 Å². The Morgan fingerprint density at radius 3 is 2.79 bits per heavy atom. The van der Waals surface area contributed by atoms with Crippen LogP contribution in [0, 0.1) is 0 Å². The maximum Gasteiger partial charge on any atom is 0.191 e. The molecule has 2 heterocycles. The fourth-order valence-corrected chi connectivity index (χ4v) is 5.02. The molecule has 0 spiro atoms. The minimum absolute atomic E-state index is 0.689. The second-order valence-electron chi connectivity index (χ2n) is 6.19. The molecule has 8 heteroatoms. The standard InChI is InChI=1S/C21H19ClN4OS2/c1-3-26-19(14-7-6-8-15(22)11-14)24-25-21(26)29-13-16-12-28-20(23-16)17-9-4-5-10-18(17)27-2/h4-12H,3,13H2,1-2H3. The van der Waals surface area contributed by atoms with Crippen LogP contribution >= 0.6 is 34.7 Å². The van der Waals surface area contributed by atoms with E-state index in [-0.39, 0.29) is 0 Å². The summed E-state index contributed by atoms with van der Waals surface area (Å²) in [6.07, 6.45) is 0. The lowest BCUT2D eigenvalue weighted by atomic mass is 10.2. The van der Waals surface area contributed by atoms with Crippen molar-refractivity contribution in [1.82, 2.24) is 19.7 Å². The van der Waals surface area contributed by atoms with Gasteiger partial charge < -0.3 is 9.30 Å². The van der Waals surface area contributed by atoms with E-state index in [1.165, 1.54) is 0 Å². The number of thiazole rings is 1. The number of benzene rings is 2. The molecule has 0 aliphatic heterocycles. The van der Waals surface area contributed by atoms with Gasteiger partial charge in [0.15, 0.2) is 11.0 Å². The van der Waals surface area contributed by atoms with Crippen molar-refractivity contribution in [3.05, 3.63) is 64.6 Å². The molecule has 5 nitrogen and oxygen atoms in total. The molecule has 29 heavy (non-hydrogen) atoms. The van der Waals surface area contributed by atoms with Crippen LogP contribution < -0.4 is 4.74 Å². The van der Waals surface area contributed by atoms with Gasteiger partial charge in [-0.25, -0.2) is 4.98 Å². The van der Waals surface area contributed by atoms with Gasteiger partial charge in [-0.2, -0.15) is 0 Å². The van der Waals surface area contributed by atoms with Crippen molar-refractivity contribution < 1.29 is 4.74 Å². The fraction of sp³-hybridized carbons (Fsp3) is 0.190. The third-order valence-electron chi connectivity index (χ3n) is 4.35. The smallest absolute Gasteiger partial charge is 0.191 e. The van der Waals surface area contributed by atoms with Gasteiger partial charge in [-0.15, -0.1) is 21.5 Å². The molecule has 0 saturated carbocycles. The normalized spacial score (nSPS) is 11.0. The fourth-order valence-electron chi connectivity index (χ4n) is 2.98. The number of hydrogen-bond donors (Lipinski definition) is 0. The zero-order chi connectivity index (χ0) is 20.2. The number of ether oxygens (including phenoxy) is 1. The highest BCUT2D eigenvalue weighted by atomic mass is 35.5. The second-order valence-corrected chi connectivity index (χ2v) is 8.43. The Hall–Kier alpha value is -2.35. The van der Waals surface area contributed by atoms with Crippen molar-refractivity contribution >= 4 is 34.7 Å². The predicted molar refractivity (Wildman–Crippen MR) is 120 cm³/mol. The van der Waals surface area contributed by atoms with E-state index in [4.69, 9.17) is 21.3 Å². The minimum Gasteiger partial charge on any atom is -0.496 e. The van der Waals surface area contributed by atoms with Crippen molar-refractivity contribution in [3.63, 3.8) is 0 Å². The Morgan fingerprint density at radius 1 is 1.14 bits per heavy atom. The molecule has 0 aliphatic carbocycles. The molecular formula is C21H19ClN4OS2. The van der Waals surface area contributed by atoms with E-state index in [2.05, 4.69) is 27.1 Å². The lowest BCUT2D eigenvalue weighted by Crippen LogP contribution is -2.00. The molecule has 4 aromatic rings. The average molecular weight is 443 g/mol. The molecule has 148 valence electrons. The van der Waals surface area contributed by atoms with Gasteiger partial charge in [0.05, 0.1) is 18.4 Å². The maximum atomic E-state index is 6.13. The van der Waals surface area contributed by atoms with Crippen molar-refractivity contribution in [2.75, 3.05) is 7.11 Å². The largest absolute Gasteiger partial charge is 0.496 e. The Morgan fingerprint density at radius 2 is 2.00 bits per heavy atom. The SMILES string of the molecule is CCn1c(SCc2csc(-c3ccccc3OC)n2)nnc1-c1cccc(Cl)c1. The van der Waals surface area contributed by atoms with E-state index in [9.17, 15) is 0 Å². The van der Waals surface area contributed by atoms with Gasteiger partial charge in [-0.05, 0) is 31.2 Å². The number of thioether (sulfide) groups is 1. The number of para-hydroxylation sites is 1. The molecule has 0 amide bonds. The molecule has 0 atom stereocenters. The summed E-state index contributed by atoms with van der Waals surface area (Å²) in [4.78, 5) is 4.78. The first kappa shape index (κ1) is 19.9. The van der Waals surface area contributed by atoms with Crippen LogP contribution in [-0.4, -0.2) is 26.9 Å². The number of aromatic nitrogens is 4.